The van der Waals surface area contributed by atoms with Crippen LogP contribution in [0.1, 0.15) is 45.1 Å². The number of hydrogen-bond donors (Lipinski definition) is 2. The van der Waals surface area contributed by atoms with Crippen molar-refractivity contribution in [1.82, 2.24) is 20.3 Å². The summed E-state index contributed by atoms with van der Waals surface area (Å²) in [5, 5.41) is 14.5. The molecule has 2 amide bonds. The zero-order valence-corrected chi connectivity index (χ0v) is 18.9. The van der Waals surface area contributed by atoms with Crippen molar-refractivity contribution < 1.29 is 9.59 Å². The molecule has 0 aliphatic rings. The molecule has 1 unspecified atom stereocenters. The molecule has 4 rings (SSSR count). The number of benzene rings is 3. The predicted octanol–water partition coefficient (Wildman–Crippen LogP) is 4.97. The molecule has 166 valence electrons. The molecule has 1 atom stereocenters. The van der Waals surface area contributed by atoms with Gasteiger partial charge in [-0.2, -0.15) is 0 Å². The molecule has 0 radical (unpaired) electrons. The van der Waals surface area contributed by atoms with Crippen LogP contribution in [0.25, 0.3) is 5.69 Å². The van der Waals surface area contributed by atoms with Crippen LogP contribution in [0.15, 0.2) is 78.9 Å². The van der Waals surface area contributed by atoms with Crippen molar-refractivity contribution in [3.8, 4) is 5.69 Å². The standard InChI is InChI=1S/C25H22ClN5O2/c1-16(19-11-8-12-20(15-19)28-24(32)18-9-4-3-5-10-18)27-25(33)23-17(2)31(30-29-23)22-14-7-6-13-21(22)26/h3-16H,1-2H3,(H,27,33)(H,28,32). The average Bonchev–Trinajstić information content (AvgIpc) is 3.21. The Bertz CT molecular complexity index is 1300. The Kier molecular flexibility index (Phi) is 6.51. The third kappa shape index (κ3) is 4.94. The summed E-state index contributed by atoms with van der Waals surface area (Å²) in [7, 11) is 0. The van der Waals surface area contributed by atoms with Gasteiger partial charge in [-0.1, -0.05) is 59.3 Å². The summed E-state index contributed by atoms with van der Waals surface area (Å²) >= 11 is 6.25. The first-order valence-corrected chi connectivity index (χ1v) is 10.8. The van der Waals surface area contributed by atoms with Crippen molar-refractivity contribution in [2.45, 2.75) is 19.9 Å². The third-order valence-electron chi connectivity index (χ3n) is 5.22. The van der Waals surface area contributed by atoms with Gasteiger partial charge in [-0.3, -0.25) is 9.59 Å². The van der Waals surface area contributed by atoms with E-state index >= 15 is 0 Å². The minimum absolute atomic E-state index is 0.198. The maximum Gasteiger partial charge on any atom is 0.274 e. The van der Waals surface area contributed by atoms with Gasteiger partial charge in [-0.15, -0.1) is 5.10 Å². The highest BCUT2D eigenvalue weighted by Gasteiger charge is 2.20. The lowest BCUT2D eigenvalue weighted by Gasteiger charge is -2.15. The number of halogens is 1. The molecule has 1 aromatic heterocycles. The van der Waals surface area contributed by atoms with Crippen LogP contribution in [0.3, 0.4) is 0 Å². The lowest BCUT2D eigenvalue weighted by molar-refractivity contribution is 0.0933. The summed E-state index contributed by atoms with van der Waals surface area (Å²) in [5.74, 6) is -0.548. The second-order valence-corrected chi connectivity index (χ2v) is 7.93. The molecule has 0 bridgehead atoms. The first-order chi connectivity index (χ1) is 15.9. The number of nitrogens with one attached hydrogen (secondary N) is 2. The number of amides is 2. The fourth-order valence-electron chi connectivity index (χ4n) is 3.42. The minimum atomic E-state index is -0.350. The van der Waals surface area contributed by atoms with Gasteiger partial charge in [0.15, 0.2) is 5.69 Å². The molecule has 0 aliphatic heterocycles. The van der Waals surface area contributed by atoms with E-state index in [4.69, 9.17) is 11.6 Å². The highest BCUT2D eigenvalue weighted by Crippen LogP contribution is 2.22. The fourth-order valence-corrected chi connectivity index (χ4v) is 3.63. The maximum atomic E-state index is 12.9. The predicted molar refractivity (Wildman–Crippen MR) is 128 cm³/mol. The van der Waals surface area contributed by atoms with Crippen LogP contribution in [-0.2, 0) is 0 Å². The smallest absolute Gasteiger partial charge is 0.274 e. The summed E-state index contributed by atoms with van der Waals surface area (Å²) in [6, 6.07) is 23.2. The molecule has 33 heavy (non-hydrogen) atoms. The molecular formula is C25H22ClN5O2. The number of carbonyl (C=O) groups excluding carboxylic acids is 2. The van der Waals surface area contributed by atoms with E-state index in [2.05, 4.69) is 20.9 Å². The zero-order valence-electron chi connectivity index (χ0n) is 18.1. The van der Waals surface area contributed by atoms with Crippen molar-refractivity contribution >= 4 is 29.1 Å². The summed E-state index contributed by atoms with van der Waals surface area (Å²) in [5.41, 5.74) is 3.50. The Morgan fingerprint density at radius 2 is 1.67 bits per heavy atom. The first-order valence-electron chi connectivity index (χ1n) is 10.4. The Morgan fingerprint density at radius 3 is 2.42 bits per heavy atom. The highest BCUT2D eigenvalue weighted by atomic mass is 35.5. The number of aromatic nitrogens is 3. The largest absolute Gasteiger partial charge is 0.344 e. The van der Waals surface area contributed by atoms with Crippen molar-refractivity contribution in [1.29, 1.82) is 0 Å². The van der Waals surface area contributed by atoms with E-state index in [-0.39, 0.29) is 23.6 Å². The van der Waals surface area contributed by atoms with Crippen LogP contribution in [0.2, 0.25) is 5.02 Å². The molecule has 7 nitrogen and oxygen atoms in total. The molecule has 0 spiro atoms. The zero-order chi connectivity index (χ0) is 23.4. The number of carbonyl (C=O) groups is 2. The van der Waals surface area contributed by atoms with E-state index < -0.39 is 0 Å². The lowest BCUT2D eigenvalue weighted by Crippen LogP contribution is -2.27. The van der Waals surface area contributed by atoms with Crippen molar-refractivity contribution in [3.63, 3.8) is 0 Å². The summed E-state index contributed by atoms with van der Waals surface area (Å²) in [6.45, 7) is 3.63. The molecule has 8 heteroatoms. The lowest BCUT2D eigenvalue weighted by atomic mass is 10.1. The summed E-state index contributed by atoms with van der Waals surface area (Å²) < 4.78 is 1.54. The number of hydrogen-bond acceptors (Lipinski definition) is 4. The molecule has 4 aromatic rings. The number of nitrogens with zero attached hydrogens (tertiary/aromatic N) is 3. The van der Waals surface area contributed by atoms with E-state index in [1.807, 2.05) is 61.5 Å². The van der Waals surface area contributed by atoms with Gasteiger partial charge in [0.25, 0.3) is 11.8 Å². The Morgan fingerprint density at radius 1 is 0.939 bits per heavy atom. The molecule has 0 aliphatic carbocycles. The topological polar surface area (TPSA) is 88.9 Å². The second kappa shape index (κ2) is 9.67. The number of anilines is 1. The van der Waals surface area contributed by atoms with Gasteiger partial charge >= 0.3 is 0 Å². The van der Waals surface area contributed by atoms with E-state index in [1.54, 1.807) is 35.9 Å². The normalized spacial score (nSPS) is 11.6. The van der Waals surface area contributed by atoms with Crippen LogP contribution in [0.5, 0.6) is 0 Å². The van der Waals surface area contributed by atoms with Crippen molar-refractivity contribution in [3.05, 3.63) is 106 Å². The van der Waals surface area contributed by atoms with Gasteiger partial charge in [0.2, 0.25) is 0 Å². The Hall–Kier alpha value is -3.97. The molecule has 0 saturated carbocycles. The number of rotatable bonds is 6. The van der Waals surface area contributed by atoms with Gasteiger partial charge in [-0.05, 0) is 55.8 Å². The average molecular weight is 460 g/mol. The minimum Gasteiger partial charge on any atom is -0.344 e. The van der Waals surface area contributed by atoms with Crippen LogP contribution in [0.4, 0.5) is 5.69 Å². The number of para-hydroxylation sites is 1. The van der Waals surface area contributed by atoms with Gasteiger partial charge in [0.05, 0.1) is 22.4 Å². The van der Waals surface area contributed by atoms with Crippen LogP contribution in [0, 0.1) is 6.92 Å². The van der Waals surface area contributed by atoms with Gasteiger partial charge in [0.1, 0.15) is 0 Å². The van der Waals surface area contributed by atoms with Gasteiger partial charge in [0, 0.05) is 11.3 Å². The van der Waals surface area contributed by atoms with Crippen molar-refractivity contribution in [2.75, 3.05) is 5.32 Å². The van der Waals surface area contributed by atoms with Crippen molar-refractivity contribution in [2.24, 2.45) is 0 Å². The molecule has 0 fully saturated rings. The van der Waals surface area contributed by atoms with E-state index in [0.717, 1.165) is 5.56 Å². The molecular weight excluding hydrogens is 438 g/mol. The van der Waals surface area contributed by atoms with E-state index in [0.29, 0.717) is 27.7 Å². The van der Waals surface area contributed by atoms with Gasteiger partial charge < -0.3 is 10.6 Å². The molecule has 3 aromatic carbocycles. The summed E-state index contributed by atoms with van der Waals surface area (Å²) in [6.07, 6.45) is 0. The van der Waals surface area contributed by atoms with E-state index in [9.17, 15) is 9.59 Å². The summed E-state index contributed by atoms with van der Waals surface area (Å²) in [4.78, 5) is 25.3. The van der Waals surface area contributed by atoms with Gasteiger partial charge in [-0.25, -0.2) is 4.68 Å². The Balaban J connectivity index is 1.47. The maximum absolute atomic E-state index is 12.9. The monoisotopic (exact) mass is 459 g/mol. The molecule has 0 saturated heterocycles. The highest BCUT2D eigenvalue weighted by molar-refractivity contribution is 6.32. The SMILES string of the molecule is Cc1c(C(=O)NC(C)c2cccc(NC(=O)c3ccccc3)c2)nnn1-c1ccccc1Cl. The molecule has 2 N–H and O–H groups in total. The van der Waals surface area contributed by atoms with Crippen LogP contribution >= 0.6 is 11.6 Å². The first kappa shape index (κ1) is 22.2. The fraction of sp³-hybridized carbons (Fsp3) is 0.120. The second-order valence-electron chi connectivity index (χ2n) is 7.53. The Labute approximate surface area is 196 Å². The van der Waals surface area contributed by atoms with Crippen LogP contribution < -0.4 is 10.6 Å². The third-order valence-corrected chi connectivity index (χ3v) is 5.54. The van der Waals surface area contributed by atoms with Crippen LogP contribution in [-0.4, -0.2) is 26.8 Å². The molecule has 1 heterocycles. The quantitative estimate of drug-likeness (QED) is 0.426. The van der Waals surface area contributed by atoms with E-state index in [1.165, 1.54) is 0 Å².